The fraction of sp³-hybridized carbons (Fsp3) is 0.455. The van der Waals surface area contributed by atoms with Crippen molar-refractivity contribution < 1.29 is 13.2 Å². The van der Waals surface area contributed by atoms with Crippen LogP contribution >= 0.6 is 0 Å². The third kappa shape index (κ3) is 4.03. The van der Waals surface area contributed by atoms with Gasteiger partial charge in [0.1, 0.15) is 5.75 Å². The minimum Gasteiger partial charge on any atom is -0.494 e. The molecule has 0 aromatic heterocycles. The summed E-state index contributed by atoms with van der Waals surface area (Å²) in [5, 5.41) is 0. The normalized spacial score (nSPS) is 26.6. The molecule has 0 amide bonds. The van der Waals surface area contributed by atoms with Gasteiger partial charge in [-0.2, -0.15) is 0 Å². The Morgan fingerprint density at radius 1 is 1.11 bits per heavy atom. The van der Waals surface area contributed by atoms with Crippen LogP contribution in [0.4, 0.5) is 5.69 Å². The molecule has 6 heteroatoms. The summed E-state index contributed by atoms with van der Waals surface area (Å²) in [5.74, 6) is 2.23. The molecule has 2 atom stereocenters. The van der Waals surface area contributed by atoms with Crippen molar-refractivity contribution >= 4 is 15.7 Å². The van der Waals surface area contributed by atoms with Crippen molar-refractivity contribution in [2.75, 3.05) is 37.2 Å². The van der Waals surface area contributed by atoms with E-state index >= 15 is 0 Å². The highest BCUT2D eigenvalue weighted by Gasteiger charge is 2.65. The molecule has 1 heterocycles. The Kier molecular flexibility index (Phi) is 5.10. The maximum Gasteiger partial charge on any atom is 0.229 e. The molecule has 0 radical (unpaired) electrons. The summed E-state index contributed by atoms with van der Waals surface area (Å²) in [6.45, 7) is 6.34. The molecule has 1 saturated heterocycles. The van der Waals surface area contributed by atoms with Gasteiger partial charge in [0.05, 0.1) is 12.9 Å². The number of benzene rings is 2. The molecule has 150 valence electrons. The zero-order chi connectivity index (χ0) is 19.8. The Morgan fingerprint density at radius 2 is 1.82 bits per heavy atom. The minimum absolute atomic E-state index is 0.159. The van der Waals surface area contributed by atoms with Crippen LogP contribution in [0.2, 0.25) is 0 Å². The number of likely N-dealkylation sites (tertiary alicyclic amines) is 1. The van der Waals surface area contributed by atoms with Gasteiger partial charge in [0.25, 0.3) is 0 Å². The van der Waals surface area contributed by atoms with E-state index in [1.807, 2.05) is 48.5 Å². The molecular formula is C22H28N2O3S. The monoisotopic (exact) mass is 400 g/mol. The molecule has 1 aliphatic heterocycles. The molecule has 1 saturated carbocycles. The van der Waals surface area contributed by atoms with Crippen LogP contribution in [0.3, 0.4) is 0 Å². The van der Waals surface area contributed by atoms with Crippen molar-refractivity contribution in [3.8, 4) is 5.75 Å². The highest BCUT2D eigenvalue weighted by Crippen LogP contribution is 2.63. The van der Waals surface area contributed by atoms with E-state index in [4.69, 9.17) is 4.74 Å². The standard InChI is InChI=1S/C22H28N2O3S/c1-22(17-8-6-9-18(14-17)23-28(2,25)26)20-15-24(16-21(20)22)12-7-13-27-19-10-4-3-5-11-19/h3-6,8-11,14,20-21,23H,7,12-13,15-16H2,1-2H3. The average molecular weight is 401 g/mol. The van der Waals surface area contributed by atoms with E-state index in [1.165, 1.54) is 11.8 Å². The molecule has 2 fully saturated rings. The Labute approximate surface area is 167 Å². The first-order valence-electron chi connectivity index (χ1n) is 9.85. The van der Waals surface area contributed by atoms with Gasteiger partial charge in [-0.05, 0) is 48.1 Å². The van der Waals surface area contributed by atoms with Crippen LogP contribution in [-0.4, -0.2) is 45.8 Å². The minimum atomic E-state index is -3.25. The maximum absolute atomic E-state index is 11.5. The zero-order valence-electron chi connectivity index (χ0n) is 16.5. The molecule has 2 aromatic rings. The summed E-state index contributed by atoms with van der Waals surface area (Å²) in [6.07, 6.45) is 2.21. The van der Waals surface area contributed by atoms with E-state index in [0.29, 0.717) is 17.5 Å². The Balaban J connectivity index is 1.27. The summed E-state index contributed by atoms with van der Waals surface area (Å²) < 4.78 is 31.4. The SMILES string of the molecule is CC1(c2cccc(NS(C)(=O)=O)c2)C2CN(CCCOc3ccccc3)CC21. The predicted molar refractivity (Wildman–Crippen MR) is 112 cm³/mol. The van der Waals surface area contributed by atoms with E-state index in [1.54, 1.807) is 0 Å². The molecule has 2 aliphatic rings. The van der Waals surface area contributed by atoms with Crippen LogP contribution in [0, 0.1) is 11.8 Å². The first kappa shape index (κ1) is 19.3. The summed E-state index contributed by atoms with van der Waals surface area (Å²) in [4.78, 5) is 2.53. The van der Waals surface area contributed by atoms with Gasteiger partial charge >= 0.3 is 0 Å². The lowest BCUT2D eigenvalue weighted by atomic mass is 9.92. The molecule has 5 nitrogen and oxygen atoms in total. The summed E-state index contributed by atoms with van der Waals surface area (Å²) in [6, 6.07) is 17.8. The lowest BCUT2D eigenvalue weighted by Crippen LogP contribution is -2.30. The number of piperidine rings is 1. The van der Waals surface area contributed by atoms with Crippen molar-refractivity contribution in [2.45, 2.75) is 18.8 Å². The van der Waals surface area contributed by atoms with Gasteiger partial charge in [-0.25, -0.2) is 8.42 Å². The lowest BCUT2D eigenvalue weighted by Gasteiger charge is -2.24. The van der Waals surface area contributed by atoms with Gasteiger partial charge in [0.2, 0.25) is 10.0 Å². The molecule has 28 heavy (non-hydrogen) atoms. The van der Waals surface area contributed by atoms with E-state index in [2.05, 4.69) is 22.6 Å². The average Bonchev–Trinajstić information content (AvgIpc) is 3.01. The number of fused-ring (bicyclic) bond motifs is 1. The van der Waals surface area contributed by atoms with Gasteiger partial charge in [-0.3, -0.25) is 4.72 Å². The predicted octanol–water partition coefficient (Wildman–Crippen LogP) is 3.35. The van der Waals surface area contributed by atoms with Crippen LogP contribution in [-0.2, 0) is 15.4 Å². The van der Waals surface area contributed by atoms with Crippen molar-refractivity contribution in [1.29, 1.82) is 0 Å². The summed E-state index contributed by atoms with van der Waals surface area (Å²) in [5.41, 5.74) is 2.05. The number of hydrogen-bond donors (Lipinski definition) is 1. The molecule has 4 rings (SSSR count). The van der Waals surface area contributed by atoms with E-state index in [0.717, 1.165) is 38.4 Å². The van der Waals surface area contributed by atoms with Gasteiger partial charge in [-0.1, -0.05) is 37.3 Å². The molecule has 0 spiro atoms. The lowest BCUT2D eigenvalue weighted by molar-refractivity contribution is 0.237. The van der Waals surface area contributed by atoms with Crippen molar-refractivity contribution in [3.63, 3.8) is 0 Å². The van der Waals surface area contributed by atoms with Crippen molar-refractivity contribution in [1.82, 2.24) is 4.90 Å². The second-order valence-electron chi connectivity index (χ2n) is 8.23. The Morgan fingerprint density at radius 3 is 2.50 bits per heavy atom. The van der Waals surface area contributed by atoms with Gasteiger partial charge in [0.15, 0.2) is 0 Å². The fourth-order valence-electron chi connectivity index (χ4n) is 4.70. The fourth-order valence-corrected chi connectivity index (χ4v) is 5.26. The second-order valence-corrected chi connectivity index (χ2v) is 9.97. The molecule has 0 bridgehead atoms. The number of anilines is 1. The Bertz CT molecular complexity index is 918. The van der Waals surface area contributed by atoms with Crippen molar-refractivity contribution in [3.05, 3.63) is 60.2 Å². The van der Waals surface area contributed by atoms with Crippen molar-refractivity contribution in [2.24, 2.45) is 11.8 Å². The number of sulfonamides is 1. The molecular weight excluding hydrogens is 372 g/mol. The number of hydrogen-bond acceptors (Lipinski definition) is 4. The van der Waals surface area contributed by atoms with Crippen LogP contribution in [0.5, 0.6) is 5.75 Å². The van der Waals surface area contributed by atoms with Crippen LogP contribution in [0.25, 0.3) is 0 Å². The molecule has 1 aliphatic carbocycles. The molecule has 1 N–H and O–H groups in total. The maximum atomic E-state index is 11.5. The second kappa shape index (κ2) is 7.41. The van der Waals surface area contributed by atoms with E-state index < -0.39 is 10.0 Å². The molecule has 2 aromatic carbocycles. The highest BCUT2D eigenvalue weighted by atomic mass is 32.2. The summed E-state index contributed by atoms with van der Waals surface area (Å²) in [7, 11) is -3.25. The van der Waals surface area contributed by atoms with Crippen LogP contribution in [0.1, 0.15) is 18.9 Å². The van der Waals surface area contributed by atoms with Crippen LogP contribution < -0.4 is 9.46 Å². The zero-order valence-corrected chi connectivity index (χ0v) is 17.3. The van der Waals surface area contributed by atoms with Crippen LogP contribution in [0.15, 0.2) is 54.6 Å². The third-order valence-electron chi connectivity index (χ3n) is 6.25. The van der Waals surface area contributed by atoms with E-state index in [-0.39, 0.29) is 5.41 Å². The van der Waals surface area contributed by atoms with Gasteiger partial charge in [-0.15, -0.1) is 0 Å². The third-order valence-corrected chi connectivity index (χ3v) is 6.85. The first-order chi connectivity index (χ1) is 13.4. The largest absolute Gasteiger partial charge is 0.494 e. The number of ether oxygens (including phenoxy) is 1. The molecule has 2 unspecified atom stereocenters. The number of nitrogens with one attached hydrogen (secondary N) is 1. The number of nitrogens with zero attached hydrogens (tertiary/aromatic N) is 1. The topological polar surface area (TPSA) is 58.6 Å². The van der Waals surface area contributed by atoms with Gasteiger partial charge < -0.3 is 9.64 Å². The first-order valence-corrected chi connectivity index (χ1v) is 11.7. The van der Waals surface area contributed by atoms with E-state index in [9.17, 15) is 8.42 Å². The Hall–Kier alpha value is -2.05. The highest BCUT2D eigenvalue weighted by molar-refractivity contribution is 7.92. The quantitative estimate of drug-likeness (QED) is 0.691. The van der Waals surface area contributed by atoms with Gasteiger partial charge in [0, 0.05) is 30.7 Å². The summed E-state index contributed by atoms with van der Waals surface area (Å²) >= 11 is 0. The number of para-hydroxylation sites is 1. The number of rotatable bonds is 8. The smallest absolute Gasteiger partial charge is 0.229 e.